The number of ether oxygens (including phenoxy) is 1. The molecule has 1 aliphatic rings. The summed E-state index contributed by atoms with van der Waals surface area (Å²) in [4.78, 5) is 48.4. The van der Waals surface area contributed by atoms with Crippen LogP contribution in [-0.4, -0.2) is 41.0 Å². The Labute approximate surface area is 181 Å². The Balaban J connectivity index is 1.75. The number of nitrogens with zero attached hydrogens (tertiary/aromatic N) is 1. The maximum Gasteiger partial charge on any atom is 0.294 e. The molecule has 2 aromatic rings. The molecule has 0 atom stereocenters. The third-order valence-electron chi connectivity index (χ3n) is 3.86. The maximum atomic E-state index is 12.4. The largest absolute Gasteiger partial charge is 0.483 e. The number of thioether (sulfide) groups is 1. The fraction of sp³-hybridized carbons (Fsp3) is 0.100. The Morgan fingerprint density at radius 3 is 2.60 bits per heavy atom. The van der Waals surface area contributed by atoms with E-state index in [9.17, 15) is 19.2 Å². The van der Waals surface area contributed by atoms with Gasteiger partial charge in [-0.15, -0.1) is 0 Å². The summed E-state index contributed by atoms with van der Waals surface area (Å²) in [6.45, 7) is -0.777. The molecule has 10 heteroatoms. The molecule has 1 fully saturated rings. The van der Waals surface area contributed by atoms with Gasteiger partial charge in [-0.1, -0.05) is 29.8 Å². The standard InChI is InChI=1S/C20H16ClN3O5S/c21-13-6-7-15(29-11-18(26)23-14-4-2-1-3-5-14)12(8-13)9-16-19(27)24(10-17(22)25)20(28)30-16/h1-9H,10-11H2,(H2,22,25)(H,23,26)/b16-9-. The molecule has 3 rings (SSSR count). The fourth-order valence-corrected chi connectivity index (χ4v) is 3.57. The topological polar surface area (TPSA) is 119 Å². The third-order valence-corrected chi connectivity index (χ3v) is 5.00. The lowest BCUT2D eigenvalue weighted by atomic mass is 10.2. The minimum Gasteiger partial charge on any atom is -0.483 e. The molecular weight excluding hydrogens is 430 g/mol. The molecule has 154 valence electrons. The van der Waals surface area contributed by atoms with E-state index in [-0.39, 0.29) is 17.4 Å². The van der Waals surface area contributed by atoms with Gasteiger partial charge in [0.05, 0.1) is 4.91 Å². The molecule has 1 aliphatic heterocycles. The highest BCUT2D eigenvalue weighted by Gasteiger charge is 2.36. The van der Waals surface area contributed by atoms with Gasteiger partial charge in [-0.3, -0.25) is 24.1 Å². The first-order chi connectivity index (χ1) is 14.3. The van der Waals surface area contributed by atoms with E-state index in [1.54, 1.807) is 36.4 Å². The summed E-state index contributed by atoms with van der Waals surface area (Å²) < 4.78 is 5.58. The summed E-state index contributed by atoms with van der Waals surface area (Å²) in [6.07, 6.45) is 1.42. The van der Waals surface area contributed by atoms with Crippen LogP contribution in [0, 0.1) is 0 Å². The number of hydrogen-bond donors (Lipinski definition) is 2. The van der Waals surface area contributed by atoms with Gasteiger partial charge in [-0.05, 0) is 48.2 Å². The first-order valence-corrected chi connectivity index (χ1v) is 9.84. The quantitative estimate of drug-likeness (QED) is 0.632. The monoisotopic (exact) mass is 445 g/mol. The molecule has 0 bridgehead atoms. The van der Waals surface area contributed by atoms with Crippen molar-refractivity contribution in [1.82, 2.24) is 4.90 Å². The van der Waals surface area contributed by atoms with Crippen molar-refractivity contribution in [3.05, 3.63) is 64.0 Å². The molecular formula is C20H16ClN3O5S. The van der Waals surface area contributed by atoms with Gasteiger partial charge in [0.2, 0.25) is 5.91 Å². The lowest BCUT2D eigenvalue weighted by Crippen LogP contribution is -2.36. The van der Waals surface area contributed by atoms with E-state index in [2.05, 4.69) is 5.32 Å². The normalized spacial score (nSPS) is 14.8. The summed E-state index contributed by atoms with van der Waals surface area (Å²) in [5.74, 6) is -1.51. The number of imide groups is 1. The highest BCUT2D eigenvalue weighted by Crippen LogP contribution is 2.34. The number of rotatable bonds is 7. The third kappa shape index (κ3) is 5.40. The first kappa shape index (κ1) is 21.4. The van der Waals surface area contributed by atoms with Gasteiger partial charge < -0.3 is 15.8 Å². The van der Waals surface area contributed by atoms with Crippen molar-refractivity contribution in [3.8, 4) is 5.75 Å². The lowest BCUT2D eigenvalue weighted by molar-refractivity contribution is -0.127. The van der Waals surface area contributed by atoms with E-state index in [4.69, 9.17) is 22.1 Å². The number of para-hydroxylation sites is 1. The summed E-state index contributed by atoms with van der Waals surface area (Å²) in [6, 6.07) is 13.6. The van der Waals surface area contributed by atoms with Crippen LogP contribution in [0.15, 0.2) is 53.4 Å². The predicted octanol–water partition coefficient (Wildman–Crippen LogP) is 2.88. The van der Waals surface area contributed by atoms with Gasteiger partial charge in [-0.2, -0.15) is 0 Å². The zero-order chi connectivity index (χ0) is 21.7. The second kappa shape index (κ2) is 9.47. The summed E-state index contributed by atoms with van der Waals surface area (Å²) in [5, 5.41) is 2.47. The SMILES string of the molecule is NC(=O)CN1C(=O)S/C(=C\c2cc(Cl)ccc2OCC(=O)Nc2ccccc2)C1=O. The van der Waals surface area contributed by atoms with Gasteiger partial charge in [-0.25, -0.2) is 0 Å². The van der Waals surface area contributed by atoms with Crippen molar-refractivity contribution < 1.29 is 23.9 Å². The van der Waals surface area contributed by atoms with Gasteiger partial charge >= 0.3 is 0 Å². The number of nitrogens with two attached hydrogens (primary N) is 1. The first-order valence-electron chi connectivity index (χ1n) is 8.64. The van der Waals surface area contributed by atoms with Gasteiger partial charge in [0.1, 0.15) is 12.3 Å². The highest BCUT2D eigenvalue weighted by molar-refractivity contribution is 8.18. The van der Waals surface area contributed by atoms with Gasteiger partial charge in [0, 0.05) is 16.3 Å². The Morgan fingerprint density at radius 1 is 1.17 bits per heavy atom. The van der Waals surface area contributed by atoms with E-state index in [1.165, 1.54) is 12.1 Å². The summed E-state index contributed by atoms with van der Waals surface area (Å²) >= 11 is 6.71. The zero-order valence-corrected chi connectivity index (χ0v) is 17.0. The number of carbonyl (C=O) groups is 4. The minimum absolute atomic E-state index is 0.0853. The van der Waals surface area contributed by atoms with Crippen LogP contribution in [0.25, 0.3) is 6.08 Å². The molecule has 2 aromatic carbocycles. The number of amides is 4. The Morgan fingerprint density at radius 2 is 1.90 bits per heavy atom. The van der Waals surface area contributed by atoms with Crippen LogP contribution in [-0.2, 0) is 14.4 Å². The number of hydrogen-bond acceptors (Lipinski definition) is 6. The fourth-order valence-electron chi connectivity index (χ4n) is 2.56. The van der Waals surface area contributed by atoms with Crippen molar-refractivity contribution in [2.45, 2.75) is 0 Å². The molecule has 0 aromatic heterocycles. The van der Waals surface area contributed by atoms with Crippen molar-refractivity contribution in [1.29, 1.82) is 0 Å². The molecule has 0 saturated carbocycles. The molecule has 4 amide bonds. The molecule has 3 N–H and O–H groups in total. The lowest BCUT2D eigenvalue weighted by Gasteiger charge is -2.11. The second-order valence-corrected chi connectivity index (χ2v) is 7.55. The molecule has 0 spiro atoms. The predicted molar refractivity (Wildman–Crippen MR) is 114 cm³/mol. The zero-order valence-electron chi connectivity index (χ0n) is 15.5. The average molecular weight is 446 g/mol. The Bertz CT molecular complexity index is 1040. The van der Waals surface area contributed by atoms with E-state index in [0.717, 1.165) is 4.90 Å². The summed E-state index contributed by atoms with van der Waals surface area (Å²) in [5.41, 5.74) is 6.11. The molecule has 8 nitrogen and oxygen atoms in total. The van der Waals surface area contributed by atoms with E-state index in [0.29, 0.717) is 33.8 Å². The number of benzene rings is 2. The van der Waals surface area contributed by atoms with E-state index >= 15 is 0 Å². The number of nitrogens with one attached hydrogen (secondary N) is 1. The Kier molecular flexibility index (Phi) is 6.76. The number of halogens is 1. The number of primary amides is 1. The smallest absolute Gasteiger partial charge is 0.294 e. The van der Waals surface area contributed by atoms with Gasteiger partial charge in [0.15, 0.2) is 6.61 Å². The Hall–Kier alpha value is -3.30. The van der Waals surface area contributed by atoms with Crippen LogP contribution in [0.4, 0.5) is 10.5 Å². The van der Waals surface area contributed by atoms with Crippen LogP contribution < -0.4 is 15.8 Å². The van der Waals surface area contributed by atoms with Crippen molar-refractivity contribution in [2.75, 3.05) is 18.5 Å². The van der Waals surface area contributed by atoms with Crippen molar-refractivity contribution in [3.63, 3.8) is 0 Å². The van der Waals surface area contributed by atoms with Crippen LogP contribution in [0.2, 0.25) is 5.02 Å². The molecule has 30 heavy (non-hydrogen) atoms. The second-order valence-electron chi connectivity index (χ2n) is 6.12. The number of carbonyl (C=O) groups excluding carboxylic acids is 4. The van der Waals surface area contributed by atoms with Crippen LogP contribution in [0.1, 0.15) is 5.56 Å². The van der Waals surface area contributed by atoms with E-state index < -0.39 is 23.6 Å². The molecule has 0 aliphatic carbocycles. The molecule has 0 radical (unpaired) electrons. The number of anilines is 1. The minimum atomic E-state index is -0.797. The van der Waals surface area contributed by atoms with Crippen molar-refractivity contribution in [2.24, 2.45) is 5.73 Å². The molecule has 0 unspecified atom stereocenters. The van der Waals surface area contributed by atoms with E-state index in [1.807, 2.05) is 6.07 Å². The summed E-state index contributed by atoms with van der Waals surface area (Å²) in [7, 11) is 0. The maximum absolute atomic E-state index is 12.4. The van der Waals surface area contributed by atoms with Crippen LogP contribution in [0.3, 0.4) is 0 Å². The van der Waals surface area contributed by atoms with Gasteiger partial charge in [0.25, 0.3) is 17.1 Å². The molecule has 1 heterocycles. The van der Waals surface area contributed by atoms with Crippen molar-refractivity contribution >= 4 is 58.1 Å². The van der Waals surface area contributed by atoms with Crippen LogP contribution >= 0.6 is 23.4 Å². The average Bonchev–Trinajstić information content (AvgIpc) is 2.95. The highest BCUT2D eigenvalue weighted by atomic mass is 35.5. The van der Waals surface area contributed by atoms with Crippen LogP contribution in [0.5, 0.6) is 5.75 Å². The molecule has 1 saturated heterocycles.